The molecule has 0 atom stereocenters. The van der Waals surface area contributed by atoms with Gasteiger partial charge in [-0.05, 0) is 24.2 Å². The molecule has 0 saturated carbocycles. The molecule has 0 radical (unpaired) electrons. The van der Waals surface area contributed by atoms with Gasteiger partial charge in [0.05, 0.1) is 18.9 Å². The number of carbonyl (C=O) groups is 1. The third-order valence-corrected chi connectivity index (χ3v) is 2.99. The summed E-state index contributed by atoms with van der Waals surface area (Å²) in [7, 11) is 0. The first-order chi connectivity index (χ1) is 10.1. The highest BCUT2D eigenvalue weighted by Crippen LogP contribution is 2.32. The highest BCUT2D eigenvalue weighted by Gasteiger charge is 2.12. The zero-order valence-corrected chi connectivity index (χ0v) is 12.9. The van der Waals surface area contributed by atoms with Crippen LogP contribution in [0.2, 0.25) is 0 Å². The van der Waals surface area contributed by atoms with Gasteiger partial charge < -0.3 is 25.7 Å². The van der Waals surface area contributed by atoms with Gasteiger partial charge in [-0.3, -0.25) is 4.79 Å². The van der Waals surface area contributed by atoms with E-state index in [1.165, 1.54) is 18.1 Å². The Morgan fingerprint density at radius 1 is 1.48 bits per heavy atom. The van der Waals surface area contributed by atoms with E-state index in [0.29, 0.717) is 42.4 Å². The molecule has 0 unspecified atom stereocenters. The molecular weight excluding hydrogens is 290 g/mol. The number of hydrogen-bond donors (Lipinski definition) is 3. The number of ether oxygens (including phenoxy) is 1. The largest absolute Gasteiger partial charge is 0.491 e. The summed E-state index contributed by atoms with van der Waals surface area (Å²) < 4.78 is 10.8. The molecule has 21 heavy (non-hydrogen) atoms. The van der Waals surface area contributed by atoms with Crippen LogP contribution in [-0.4, -0.2) is 31.9 Å². The Morgan fingerprint density at radius 2 is 2.24 bits per heavy atom. The monoisotopic (exact) mass is 311 g/mol. The number of benzene rings is 1. The van der Waals surface area contributed by atoms with Gasteiger partial charge in [0.25, 0.3) is 0 Å². The first-order valence-corrected chi connectivity index (χ1v) is 7.61. The van der Waals surface area contributed by atoms with Crippen LogP contribution in [0.15, 0.2) is 24.8 Å². The van der Waals surface area contributed by atoms with Crippen LogP contribution in [0.1, 0.15) is 16.8 Å². The summed E-state index contributed by atoms with van der Waals surface area (Å²) >= 11 is 1.31. The Bertz CT molecular complexity index is 495. The molecule has 0 heterocycles. The number of nitrogens with one attached hydrogen (secondary N) is 1. The van der Waals surface area contributed by atoms with Crippen molar-refractivity contribution in [1.82, 2.24) is 0 Å². The fraction of sp³-hybridized carbons (Fsp3) is 0.357. The number of rotatable bonds is 10. The van der Waals surface area contributed by atoms with E-state index in [1.807, 2.05) is 6.26 Å². The lowest BCUT2D eigenvalue weighted by atomic mass is 10.1. The normalized spacial score (nSPS) is 10.1. The molecule has 0 aliphatic rings. The summed E-state index contributed by atoms with van der Waals surface area (Å²) in [6, 6.07) is 3.11. The van der Waals surface area contributed by atoms with Crippen LogP contribution in [0.4, 0.5) is 11.4 Å². The lowest BCUT2D eigenvalue weighted by Crippen LogP contribution is -2.14. The smallest absolute Gasteiger partial charge is 0.248 e. The third-order valence-electron chi connectivity index (χ3n) is 2.59. The van der Waals surface area contributed by atoms with Crippen LogP contribution in [0, 0.1) is 0 Å². The molecule has 0 saturated heterocycles. The van der Waals surface area contributed by atoms with Crippen LogP contribution in [0.25, 0.3) is 0 Å². The van der Waals surface area contributed by atoms with E-state index >= 15 is 0 Å². The molecule has 1 aromatic rings. The molecule has 0 spiro atoms. The predicted octanol–water partition coefficient (Wildman–Crippen LogP) is 2.03. The lowest BCUT2D eigenvalue weighted by molar-refractivity contribution is 0.1000. The summed E-state index contributed by atoms with van der Waals surface area (Å²) in [5.41, 5.74) is 12.6. The average Bonchev–Trinajstić information content (AvgIpc) is 2.45. The minimum atomic E-state index is -0.549. The molecule has 7 heteroatoms. The van der Waals surface area contributed by atoms with Crippen LogP contribution in [-0.2, 0) is 4.18 Å². The fourth-order valence-electron chi connectivity index (χ4n) is 1.64. The first-order valence-electron chi connectivity index (χ1n) is 6.46. The van der Waals surface area contributed by atoms with Gasteiger partial charge in [0, 0.05) is 24.8 Å². The van der Waals surface area contributed by atoms with Gasteiger partial charge in [-0.2, -0.15) is 0 Å². The van der Waals surface area contributed by atoms with E-state index in [9.17, 15) is 4.79 Å². The van der Waals surface area contributed by atoms with Gasteiger partial charge in [0.15, 0.2) is 0 Å². The highest BCUT2D eigenvalue weighted by molar-refractivity contribution is 7.93. The van der Waals surface area contributed by atoms with E-state index in [-0.39, 0.29) is 0 Å². The fourth-order valence-corrected chi connectivity index (χ4v) is 1.92. The number of nitrogen functional groups attached to an aromatic ring is 1. The van der Waals surface area contributed by atoms with Crippen molar-refractivity contribution in [3.8, 4) is 5.75 Å². The number of anilines is 2. The van der Waals surface area contributed by atoms with Gasteiger partial charge >= 0.3 is 0 Å². The number of carbonyl (C=O) groups excluding carboxylic acids is 1. The molecule has 5 N–H and O–H groups in total. The quantitative estimate of drug-likeness (QED) is 0.265. The molecule has 0 aliphatic heterocycles. The van der Waals surface area contributed by atoms with Gasteiger partial charge in [0.2, 0.25) is 5.91 Å². The summed E-state index contributed by atoms with van der Waals surface area (Å²) in [5.74, 6) is -0.0534. The van der Waals surface area contributed by atoms with E-state index in [4.69, 9.17) is 20.4 Å². The molecule has 1 rings (SSSR count). The SMILES string of the molecule is C=CCNc1c(N)cc(C(N)=O)cc1OCCCOSC. The molecule has 0 aromatic heterocycles. The van der Waals surface area contributed by atoms with Crippen LogP contribution in [0.3, 0.4) is 0 Å². The number of primary amides is 1. The van der Waals surface area contributed by atoms with Crippen molar-refractivity contribution in [3.63, 3.8) is 0 Å². The van der Waals surface area contributed by atoms with Gasteiger partial charge in [-0.25, -0.2) is 0 Å². The van der Waals surface area contributed by atoms with Crippen molar-refractivity contribution >= 4 is 29.3 Å². The Balaban J connectivity index is 2.84. The summed E-state index contributed by atoms with van der Waals surface area (Å²) in [5, 5.41) is 3.09. The van der Waals surface area contributed by atoms with Crippen molar-refractivity contribution < 1.29 is 13.7 Å². The molecule has 6 nitrogen and oxygen atoms in total. The number of nitrogens with two attached hydrogens (primary N) is 2. The maximum absolute atomic E-state index is 11.3. The average molecular weight is 311 g/mol. The standard InChI is InChI=1S/C14H21N3O3S/c1-3-5-17-13-11(15)8-10(14(16)18)9-12(13)19-6-4-7-20-21-2/h3,8-9,17H,1,4-7,15H2,2H3,(H2,16,18). The van der Waals surface area contributed by atoms with Crippen molar-refractivity contribution in [1.29, 1.82) is 0 Å². The van der Waals surface area contributed by atoms with E-state index in [1.54, 1.807) is 12.1 Å². The summed E-state index contributed by atoms with van der Waals surface area (Å²) in [6.07, 6.45) is 4.29. The molecule has 1 aromatic carbocycles. The Labute approximate surface area is 129 Å². The van der Waals surface area contributed by atoms with E-state index in [0.717, 1.165) is 6.42 Å². The number of amides is 1. The second-order valence-electron chi connectivity index (χ2n) is 4.16. The second-order valence-corrected chi connectivity index (χ2v) is 4.73. The van der Waals surface area contributed by atoms with Crippen molar-refractivity contribution in [3.05, 3.63) is 30.4 Å². The van der Waals surface area contributed by atoms with E-state index in [2.05, 4.69) is 11.9 Å². The second kappa shape index (κ2) is 9.15. The lowest BCUT2D eigenvalue weighted by Gasteiger charge is -2.16. The minimum Gasteiger partial charge on any atom is -0.491 e. The van der Waals surface area contributed by atoms with Gasteiger partial charge in [0.1, 0.15) is 11.4 Å². The Hall–Kier alpha value is -1.86. The zero-order chi connectivity index (χ0) is 15.7. The molecule has 0 aliphatic carbocycles. The molecule has 116 valence electrons. The molecule has 0 fully saturated rings. The highest BCUT2D eigenvalue weighted by atomic mass is 32.2. The van der Waals surface area contributed by atoms with Crippen LogP contribution in [0.5, 0.6) is 5.75 Å². The minimum absolute atomic E-state index is 0.312. The topological polar surface area (TPSA) is 99.6 Å². The third kappa shape index (κ3) is 5.57. The number of hydrogen-bond acceptors (Lipinski definition) is 6. The van der Waals surface area contributed by atoms with Crippen LogP contribution < -0.4 is 21.5 Å². The first kappa shape index (κ1) is 17.2. The predicted molar refractivity (Wildman–Crippen MR) is 87.6 cm³/mol. The summed E-state index contributed by atoms with van der Waals surface area (Å²) in [4.78, 5) is 11.3. The van der Waals surface area contributed by atoms with Crippen LogP contribution >= 0.6 is 12.0 Å². The van der Waals surface area contributed by atoms with Gasteiger partial charge in [-0.1, -0.05) is 6.08 Å². The maximum Gasteiger partial charge on any atom is 0.248 e. The van der Waals surface area contributed by atoms with Crippen molar-refractivity contribution in [2.24, 2.45) is 5.73 Å². The Morgan fingerprint density at radius 3 is 2.86 bits per heavy atom. The molecule has 0 bridgehead atoms. The van der Waals surface area contributed by atoms with E-state index < -0.39 is 5.91 Å². The van der Waals surface area contributed by atoms with Gasteiger partial charge in [-0.15, -0.1) is 6.58 Å². The zero-order valence-electron chi connectivity index (χ0n) is 12.1. The summed E-state index contributed by atoms with van der Waals surface area (Å²) in [6.45, 7) is 5.21. The van der Waals surface area contributed by atoms with Crippen molar-refractivity contribution in [2.45, 2.75) is 6.42 Å². The Kier molecular flexibility index (Phi) is 7.49. The maximum atomic E-state index is 11.3. The van der Waals surface area contributed by atoms with Crippen molar-refractivity contribution in [2.75, 3.05) is 37.1 Å². The molecular formula is C14H21N3O3S. The molecule has 1 amide bonds.